The van der Waals surface area contributed by atoms with Gasteiger partial charge in [0, 0.05) is 22.3 Å². The van der Waals surface area contributed by atoms with Crippen molar-refractivity contribution >= 4 is 33.3 Å². The maximum absolute atomic E-state index is 6.46. The SMILES string of the molecule is c1ccc(-c2ccc(C(c3ccc(-c4sc(-c5ccccc5)c5c4OCCO5)cc3)c3ccc(-c4cccc5c4oc4ccccc45)cc3)c(-c3ccccc3)c2)cc1. The van der Waals surface area contributed by atoms with Gasteiger partial charge in [-0.1, -0.05) is 188 Å². The van der Waals surface area contributed by atoms with E-state index in [1.807, 2.05) is 18.2 Å². The number of benzene rings is 8. The molecule has 0 saturated carbocycles. The van der Waals surface area contributed by atoms with Crippen LogP contribution in [-0.4, -0.2) is 13.2 Å². The van der Waals surface area contributed by atoms with Gasteiger partial charge in [0.1, 0.15) is 24.4 Å². The van der Waals surface area contributed by atoms with Gasteiger partial charge in [0.05, 0.1) is 9.75 Å². The molecule has 1 unspecified atom stereocenters. The van der Waals surface area contributed by atoms with Crippen molar-refractivity contribution < 1.29 is 13.9 Å². The Morgan fingerprint density at radius 3 is 1.56 bits per heavy atom. The lowest BCUT2D eigenvalue weighted by atomic mass is 9.80. The zero-order valence-corrected chi connectivity index (χ0v) is 33.0. The van der Waals surface area contributed by atoms with Crippen molar-refractivity contribution in [1.82, 2.24) is 0 Å². The van der Waals surface area contributed by atoms with Gasteiger partial charge < -0.3 is 13.9 Å². The van der Waals surface area contributed by atoms with Crippen LogP contribution in [0.1, 0.15) is 22.6 Å². The van der Waals surface area contributed by atoms with E-state index in [9.17, 15) is 0 Å². The van der Waals surface area contributed by atoms with Gasteiger partial charge >= 0.3 is 0 Å². The Morgan fingerprint density at radius 2 is 0.898 bits per heavy atom. The van der Waals surface area contributed by atoms with Crippen molar-refractivity contribution in [1.29, 1.82) is 0 Å². The van der Waals surface area contributed by atoms with Crippen molar-refractivity contribution in [2.75, 3.05) is 13.2 Å². The van der Waals surface area contributed by atoms with Gasteiger partial charge in [-0.15, -0.1) is 11.3 Å². The van der Waals surface area contributed by atoms with Crippen LogP contribution in [0.25, 0.3) is 76.2 Å². The molecule has 59 heavy (non-hydrogen) atoms. The standard InChI is InChI=1S/C55H38O3S/c1-4-13-36(14-5-1)43-31-32-46(48(35-43)37-15-6-2-7-16-37)50(39-25-23-38(24-26-39)44-20-12-21-47-45-19-10-11-22-49(45)58-51(44)47)40-27-29-42(30-28-40)55-53-52(56-33-34-57-53)54(59-55)41-17-8-3-9-18-41/h1-32,35,50H,33-34H2. The molecule has 3 heterocycles. The van der Waals surface area contributed by atoms with E-state index in [1.165, 1.54) is 38.9 Å². The molecule has 0 aliphatic carbocycles. The van der Waals surface area contributed by atoms with Gasteiger partial charge in [0.15, 0.2) is 11.5 Å². The molecule has 0 spiro atoms. The molecule has 3 nitrogen and oxygen atoms in total. The van der Waals surface area contributed by atoms with Crippen LogP contribution >= 0.6 is 11.3 Å². The van der Waals surface area contributed by atoms with E-state index >= 15 is 0 Å². The summed E-state index contributed by atoms with van der Waals surface area (Å²) in [4.78, 5) is 2.18. The third-order valence-electron chi connectivity index (χ3n) is 11.5. The molecular weight excluding hydrogens is 741 g/mol. The fourth-order valence-corrected chi connectivity index (χ4v) is 9.81. The van der Waals surface area contributed by atoms with E-state index in [0.717, 1.165) is 65.4 Å². The van der Waals surface area contributed by atoms with Crippen molar-refractivity contribution in [3.63, 3.8) is 0 Å². The third kappa shape index (κ3) is 6.39. The largest absolute Gasteiger partial charge is 0.485 e. The first-order chi connectivity index (χ1) is 29.3. The zero-order valence-electron chi connectivity index (χ0n) is 32.2. The van der Waals surface area contributed by atoms with E-state index in [0.29, 0.717) is 13.2 Å². The lowest BCUT2D eigenvalue weighted by molar-refractivity contribution is 0.175. The topological polar surface area (TPSA) is 31.6 Å². The van der Waals surface area contributed by atoms with E-state index in [2.05, 4.69) is 182 Å². The summed E-state index contributed by atoms with van der Waals surface area (Å²) >= 11 is 1.73. The Hall–Kier alpha value is -7.14. The molecule has 11 rings (SSSR count). The Morgan fingerprint density at radius 1 is 0.390 bits per heavy atom. The molecule has 0 bridgehead atoms. The summed E-state index contributed by atoms with van der Waals surface area (Å²) in [7, 11) is 0. The maximum atomic E-state index is 6.46. The molecule has 1 aliphatic rings. The Labute approximate surface area is 347 Å². The lowest BCUT2D eigenvalue weighted by Crippen LogP contribution is -2.14. The van der Waals surface area contributed by atoms with Crippen LogP contribution in [-0.2, 0) is 0 Å². The predicted octanol–water partition coefficient (Wildman–Crippen LogP) is 14.9. The molecular formula is C55H38O3S. The number of para-hydroxylation sites is 2. The molecule has 282 valence electrons. The summed E-state index contributed by atoms with van der Waals surface area (Å²) < 4.78 is 19.0. The molecule has 0 radical (unpaired) electrons. The number of furan rings is 1. The van der Waals surface area contributed by atoms with Crippen LogP contribution < -0.4 is 9.47 Å². The van der Waals surface area contributed by atoms with E-state index in [4.69, 9.17) is 13.9 Å². The molecule has 8 aromatic carbocycles. The summed E-state index contributed by atoms with van der Waals surface area (Å²) in [6.45, 7) is 1.08. The molecule has 2 aromatic heterocycles. The number of hydrogen-bond acceptors (Lipinski definition) is 4. The highest BCUT2D eigenvalue weighted by Gasteiger charge is 2.27. The van der Waals surface area contributed by atoms with Crippen molar-refractivity contribution in [3.05, 3.63) is 217 Å². The summed E-state index contributed by atoms with van der Waals surface area (Å²) in [6, 6.07) is 71.7. The fourth-order valence-electron chi connectivity index (χ4n) is 8.61. The molecule has 4 heteroatoms. The predicted molar refractivity (Wildman–Crippen MR) is 244 cm³/mol. The first-order valence-corrected chi connectivity index (χ1v) is 20.9. The lowest BCUT2D eigenvalue weighted by Gasteiger charge is -2.24. The summed E-state index contributed by atoms with van der Waals surface area (Å²) in [5.41, 5.74) is 14.7. The average molecular weight is 779 g/mol. The smallest absolute Gasteiger partial charge is 0.180 e. The summed E-state index contributed by atoms with van der Waals surface area (Å²) in [5.74, 6) is 1.62. The van der Waals surface area contributed by atoms with Crippen LogP contribution in [0.3, 0.4) is 0 Å². The molecule has 1 aliphatic heterocycles. The molecule has 0 saturated heterocycles. The monoisotopic (exact) mass is 778 g/mol. The fraction of sp³-hybridized carbons (Fsp3) is 0.0545. The molecule has 0 N–H and O–H groups in total. The molecule has 10 aromatic rings. The molecule has 0 fully saturated rings. The van der Waals surface area contributed by atoms with Gasteiger partial charge in [-0.2, -0.15) is 0 Å². The number of thiophene rings is 1. The minimum Gasteiger partial charge on any atom is -0.485 e. The van der Waals surface area contributed by atoms with Crippen LogP contribution in [0.15, 0.2) is 205 Å². The Balaban J connectivity index is 1.05. The van der Waals surface area contributed by atoms with Gasteiger partial charge in [0.25, 0.3) is 0 Å². The highest BCUT2D eigenvalue weighted by atomic mass is 32.1. The van der Waals surface area contributed by atoms with Gasteiger partial charge in [-0.3, -0.25) is 0 Å². The number of ether oxygens (including phenoxy) is 2. The number of fused-ring (bicyclic) bond motifs is 4. The van der Waals surface area contributed by atoms with Crippen molar-refractivity contribution in [3.8, 4) is 65.8 Å². The van der Waals surface area contributed by atoms with Crippen LogP contribution in [0.4, 0.5) is 0 Å². The quantitative estimate of drug-likeness (QED) is 0.144. The van der Waals surface area contributed by atoms with E-state index in [-0.39, 0.29) is 5.92 Å². The zero-order chi connectivity index (χ0) is 39.1. The highest BCUT2D eigenvalue weighted by molar-refractivity contribution is 7.19. The van der Waals surface area contributed by atoms with Crippen LogP contribution in [0.5, 0.6) is 11.5 Å². The van der Waals surface area contributed by atoms with Gasteiger partial charge in [0.2, 0.25) is 0 Å². The maximum Gasteiger partial charge on any atom is 0.180 e. The Bertz CT molecular complexity index is 3070. The minimum atomic E-state index is -0.0585. The molecule has 1 atom stereocenters. The first-order valence-electron chi connectivity index (χ1n) is 20.1. The van der Waals surface area contributed by atoms with E-state index < -0.39 is 0 Å². The highest BCUT2D eigenvalue weighted by Crippen LogP contribution is 2.54. The second-order valence-electron chi connectivity index (χ2n) is 15.0. The van der Waals surface area contributed by atoms with E-state index in [1.54, 1.807) is 11.3 Å². The van der Waals surface area contributed by atoms with Crippen molar-refractivity contribution in [2.24, 2.45) is 0 Å². The van der Waals surface area contributed by atoms with Gasteiger partial charge in [-0.05, 0) is 67.8 Å². The minimum absolute atomic E-state index is 0.0585. The summed E-state index contributed by atoms with van der Waals surface area (Å²) in [6.07, 6.45) is 0. The van der Waals surface area contributed by atoms with Gasteiger partial charge in [-0.25, -0.2) is 0 Å². The average Bonchev–Trinajstić information content (AvgIpc) is 3.90. The number of rotatable bonds is 8. The second-order valence-corrected chi connectivity index (χ2v) is 16.0. The number of hydrogen-bond donors (Lipinski definition) is 0. The first kappa shape index (κ1) is 35.1. The normalized spacial score (nSPS) is 12.8. The van der Waals surface area contributed by atoms with Crippen LogP contribution in [0, 0.1) is 0 Å². The van der Waals surface area contributed by atoms with Crippen molar-refractivity contribution in [2.45, 2.75) is 5.92 Å². The summed E-state index contributed by atoms with van der Waals surface area (Å²) in [5, 5.41) is 2.27. The second kappa shape index (κ2) is 15.0. The Kier molecular flexibility index (Phi) is 8.90. The third-order valence-corrected chi connectivity index (χ3v) is 12.7. The molecule has 0 amide bonds. The van der Waals surface area contributed by atoms with Crippen LogP contribution in [0.2, 0.25) is 0 Å².